The van der Waals surface area contributed by atoms with Gasteiger partial charge in [0.05, 0.1) is 11.5 Å². The molecule has 0 bridgehead atoms. The zero-order valence-corrected chi connectivity index (χ0v) is 15.4. The first-order chi connectivity index (χ1) is 10.3. The van der Waals surface area contributed by atoms with Gasteiger partial charge in [0.15, 0.2) is 0 Å². The van der Waals surface area contributed by atoms with Gasteiger partial charge in [-0.25, -0.2) is 4.21 Å². The third-order valence-electron chi connectivity index (χ3n) is 2.54. The minimum absolute atomic E-state index is 0.131. The van der Waals surface area contributed by atoms with Gasteiger partial charge in [-0.15, -0.1) is 11.6 Å². The van der Waals surface area contributed by atoms with Crippen LogP contribution in [-0.4, -0.2) is 9.32 Å². The summed E-state index contributed by atoms with van der Waals surface area (Å²) in [6, 6.07) is 19.6. The molecule has 122 valence electrons. The number of aliphatic hydroxyl groups excluding tert-OH is 1. The summed E-state index contributed by atoms with van der Waals surface area (Å²) in [6.45, 7) is 3.73. The number of alkyl halides is 1. The molecule has 0 fully saturated rings. The van der Waals surface area contributed by atoms with Crippen LogP contribution in [0, 0.1) is 0 Å². The van der Waals surface area contributed by atoms with Crippen LogP contribution in [0.5, 0.6) is 0 Å². The Morgan fingerprint density at radius 2 is 1.18 bits per heavy atom. The molecule has 6 heteroatoms. The summed E-state index contributed by atoms with van der Waals surface area (Å²) in [5, 5.41) is 9.15. The second-order valence-electron chi connectivity index (χ2n) is 4.30. The average Bonchev–Trinajstić information content (AvgIpc) is 2.49. The van der Waals surface area contributed by atoms with Crippen molar-refractivity contribution in [2.75, 3.05) is 0 Å². The van der Waals surface area contributed by atoms with Gasteiger partial charge < -0.3 is 5.11 Å². The van der Waals surface area contributed by atoms with Crippen molar-refractivity contribution >= 4 is 42.2 Å². The molecule has 2 rings (SSSR count). The molecular formula is C16H19Cl3O2S. The Kier molecular flexibility index (Phi) is 12.6. The van der Waals surface area contributed by atoms with Crippen molar-refractivity contribution in [3.05, 3.63) is 71.8 Å². The monoisotopic (exact) mass is 380 g/mol. The maximum atomic E-state index is 9.09. The molecule has 0 aromatic heterocycles. The fraction of sp³-hybridized carbons (Fsp3) is 0.250. The fourth-order valence-electron chi connectivity index (χ4n) is 1.45. The van der Waals surface area contributed by atoms with Crippen LogP contribution in [0.1, 0.15) is 36.5 Å². The molecule has 0 radical (unpaired) electrons. The minimum Gasteiger partial charge on any atom is -0.389 e. The summed E-state index contributed by atoms with van der Waals surface area (Å²) in [5.74, 6) is 0. The molecule has 2 nitrogen and oxygen atoms in total. The third kappa shape index (κ3) is 12.0. The van der Waals surface area contributed by atoms with Crippen molar-refractivity contribution in [2.24, 2.45) is 0 Å². The first-order valence-electron chi connectivity index (χ1n) is 6.51. The summed E-state index contributed by atoms with van der Waals surface area (Å²) >= 11 is 5.80. The van der Waals surface area contributed by atoms with Crippen LogP contribution >= 0.6 is 33.0 Å². The predicted octanol–water partition coefficient (Wildman–Crippen LogP) is 5.77. The summed E-state index contributed by atoms with van der Waals surface area (Å²) in [7, 11) is 7.36. The van der Waals surface area contributed by atoms with E-state index in [2.05, 4.69) is 21.4 Å². The molecule has 2 atom stereocenters. The number of aliphatic hydroxyl groups is 1. The molecule has 2 aromatic rings. The number of hydrogen-bond donors (Lipinski definition) is 1. The van der Waals surface area contributed by atoms with E-state index < -0.39 is 9.23 Å². The predicted molar refractivity (Wildman–Crippen MR) is 97.6 cm³/mol. The molecule has 0 unspecified atom stereocenters. The molecule has 0 heterocycles. The molecule has 0 aliphatic carbocycles. The third-order valence-corrected chi connectivity index (χ3v) is 2.79. The largest absolute Gasteiger partial charge is 0.389 e. The van der Waals surface area contributed by atoms with Crippen molar-refractivity contribution in [1.82, 2.24) is 0 Å². The lowest BCUT2D eigenvalue weighted by molar-refractivity contribution is 0.199. The number of halogens is 3. The smallest absolute Gasteiger partial charge is 0.211 e. The molecule has 0 saturated carbocycles. The first kappa shape index (κ1) is 21.4. The molecular weight excluding hydrogens is 363 g/mol. The van der Waals surface area contributed by atoms with Crippen LogP contribution in [0.2, 0.25) is 0 Å². The van der Waals surface area contributed by atoms with Crippen LogP contribution in [0.15, 0.2) is 60.7 Å². The Labute approximate surface area is 148 Å². The van der Waals surface area contributed by atoms with Crippen LogP contribution in [0.4, 0.5) is 0 Å². The normalized spacial score (nSPS) is 12.3. The standard InChI is InChI=1S/C8H9Cl.C8H10O.Cl2OS/c2*1-7(9)8-5-3-2-4-6-8;1-4(2)3/h2-7H,1H3;2-7,9H,1H3;/t2*7-;/m10./s1. The number of hydrogen-bond acceptors (Lipinski definition) is 2. The molecule has 0 aliphatic heterocycles. The maximum Gasteiger partial charge on any atom is 0.211 e. The number of rotatable bonds is 2. The van der Waals surface area contributed by atoms with Crippen LogP contribution in [-0.2, 0) is 9.23 Å². The minimum atomic E-state index is -1.67. The highest BCUT2D eigenvalue weighted by molar-refractivity contribution is 8.26. The van der Waals surface area contributed by atoms with Crippen LogP contribution < -0.4 is 0 Å². The second kappa shape index (κ2) is 12.9. The Bertz CT molecular complexity index is 472. The first-order valence-corrected chi connectivity index (χ1v) is 9.74. The van der Waals surface area contributed by atoms with Crippen molar-refractivity contribution < 1.29 is 9.32 Å². The van der Waals surface area contributed by atoms with Crippen LogP contribution in [0.25, 0.3) is 0 Å². The van der Waals surface area contributed by atoms with E-state index in [9.17, 15) is 0 Å². The van der Waals surface area contributed by atoms with E-state index in [1.54, 1.807) is 6.92 Å². The van der Waals surface area contributed by atoms with E-state index in [1.807, 2.05) is 67.6 Å². The molecule has 1 N–H and O–H groups in total. The molecule has 2 aromatic carbocycles. The van der Waals surface area contributed by atoms with E-state index in [1.165, 1.54) is 5.56 Å². The highest BCUT2D eigenvalue weighted by Gasteiger charge is 1.96. The summed E-state index contributed by atoms with van der Waals surface area (Å²) < 4.78 is 9.09. The maximum absolute atomic E-state index is 9.09. The highest BCUT2D eigenvalue weighted by Crippen LogP contribution is 2.17. The van der Waals surface area contributed by atoms with Crippen molar-refractivity contribution in [3.63, 3.8) is 0 Å². The van der Waals surface area contributed by atoms with E-state index in [-0.39, 0.29) is 11.5 Å². The van der Waals surface area contributed by atoms with Gasteiger partial charge in [-0.1, -0.05) is 60.7 Å². The lowest BCUT2D eigenvalue weighted by Crippen LogP contribution is -1.87. The van der Waals surface area contributed by atoms with Gasteiger partial charge >= 0.3 is 0 Å². The topological polar surface area (TPSA) is 37.3 Å². The van der Waals surface area contributed by atoms with Gasteiger partial charge in [-0.05, 0) is 25.0 Å². The van der Waals surface area contributed by atoms with Crippen LogP contribution in [0.3, 0.4) is 0 Å². The molecule has 0 saturated heterocycles. The molecule has 0 spiro atoms. The quantitative estimate of drug-likeness (QED) is 0.529. The lowest BCUT2D eigenvalue weighted by atomic mass is 10.1. The Morgan fingerprint density at radius 1 is 0.864 bits per heavy atom. The van der Waals surface area contributed by atoms with Gasteiger partial charge in [0.2, 0.25) is 9.23 Å². The van der Waals surface area contributed by atoms with Crippen molar-refractivity contribution in [1.29, 1.82) is 0 Å². The van der Waals surface area contributed by atoms with Gasteiger partial charge in [-0.2, -0.15) is 0 Å². The SMILES string of the molecule is C[C@@H](Cl)c1ccccc1.C[C@H](O)c1ccccc1.O=S(Cl)Cl. The van der Waals surface area contributed by atoms with Crippen molar-refractivity contribution in [3.8, 4) is 0 Å². The zero-order chi connectivity index (χ0) is 17.0. The second-order valence-corrected chi connectivity index (χ2v) is 7.48. The molecule has 22 heavy (non-hydrogen) atoms. The van der Waals surface area contributed by atoms with Gasteiger partial charge in [0, 0.05) is 21.4 Å². The molecule has 0 aliphatic rings. The van der Waals surface area contributed by atoms with Gasteiger partial charge in [0.25, 0.3) is 0 Å². The Morgan fingerprint density at radius 3 is 1.36 bits per heavy atom. The van der Waals surface area contributed by atoms with Gasteiger partial charge in [-0.3, -0.25) is 0 Å². The Hall–Kier alpha value is -0.580. The summed E-state index contributed by atoms with van der Waals surface area (Å²) in [4.78, 5) is 0. The van der Waals surface area contributed by atoms with E-state index >= 15 is 0 Å². The van der Waals surface area contributed by atoms with E-state index in [4.69, 9.17) is 20.9 Å². The number of benzene rings is 2. The fourth-order valence-corrected chi connectivity index (χ4v) is 1.60. The van der Waals surface area contributed by atoms with E-state index in [0.717, 1.165) is 5.56 Å². The lowest BCUT2D eigenvalue weighted by Gasteiger charge is -2.00. The van der Waals surface area contributed by atoms with E-state index in [0.29, 0.717) is 0 Å². The molecule has 0 amide bonds. The summed E-state index contributed by atoms with van der Waals surface area (Å²) in [5.41, 5.74) is 2.15. The highest BCUT2D eigenvalue weighted by atomic mass is 36.0. The van der Waals surface area contributed by atoms with Crippen molar-refractivity contribution in [2.45, 2.75) is 25.3 Å². The summed E-state index contributed by atoms with van der Waals surface area (Å²) in [6.07, 6.45) is -0.341. The van der Waals surface area contributed by atoms with Gasteiger partial charge in [0.1, 0.15) is 0 Å². The Balaban J connectivity index is 0.000000326. The zero-order valence-electron chi connectivity index (χ0n) is 12.3. The average molecular weight is 382 g/mol.